The maximum atomic E-state index is 13.2. The van der Waals surface area contributed by atoms with Gasteiger partial charge in [-0.15, -0.1) is 0 Å². The van der Waals surface area contributed by atoms with E-state index in [1.807, 2.05) is 6.07 Å². The lowest BCUT2D eigenvalue weighted by Crippen LogP contribution is -2.24. The molecule has 0 spiro atoms. The van der Waals surface area contributed by atoms with Gasteiger partial charge in [-0.3, -0.25) is 0 Å². The van der Waals surface area contributed by atoms with E-state index in [4.69, 9.17) is 28.5 Å². The molecule has 0 saturated heterocycles. The summed E-state index contributed by atoms with van der Waals surface area (Å²) in [6, 6.07) is 6.52. The Labute approximate surface area is 152 Å². The molecule has 0 aliphatic carbocycles. The number of aromatic nitrogens is 2. The molecular weight excluding hydrogens is 378 g/mol. The standard InChI is InChI=1S/C15H12Cl2F3N5/c1-25(6-2-5-21)13-10(15(18,19)20)8-22-14(24-13)23-9-3-4-11(16)12(17)7-9/h3-4,7-8H,2,6H2,1H3,(H,22,23,24). The number of alkyl halides is 3. The Bertz CT molecular complexity index is 805. The van der Waals surface area contributed by atoms with Crippen molar-refractivity contribution >= 4 is 40.7 Å². The van der Waals surface area contributed by atoms with Crippen LogP contribution in [0.4, 0.5) is 30.6 Å². The van der Waals surface area contributed by atoms with E-state index in [0.717, 1.165) is 0 Å². The van der Waals surface area contributed by atoms with Crippen molar-refractivity contribution in [3.05, 3.63) is 40.0 Å². The van der Waals surface area contributed by atoms with Crippen molar-refractivity contribution in [2.45, 2.75) is 12.6 Å². The second-order valence-electron chi connectivity index (χ2n) is 5.01. The van der Waals surface area contributed by atoms with Crippen molar-refractivity contribution in [2.24, 2.45) is 0 Å². The van der Waals surface area contributed by atoms with Gasteiger partial charge in [0.05, 0.1) is 22.5 Å². The molecule has 0 saturated carbocycles. The molecule has 25 heavy (non-hydrogen) atoms. The van der Waals surface area contributed by atoms with Crippen LogP contribution >= 0.6 is 23.2 Å². The third-order valence-corrected chi connectivity index (χ3v) is 3.91. The van der Waals surface area contributed by atoms with Crippen LogP contribution in [0, 0.1) is 11.3 Å². The molecule has 132 valence electrons. The van der Waals surface area contributed by atoms with Crippen molar-refractivity contribution in [3.8, 4) is 6.07 Å². The Morgan fingerprint density at radius 3 is 2.60 bits per heavy atom. The predicted molar refractivity (Wildman–Crippen MR) is 90.3 cm³/mol. The Balaban J connectivity index is 2.37. The van der Waals surface area contributed by atoms with Crippen molar-refractivity contribution in [3.63, 3.8) is 0 Å². The smallest absolute Gasteiger partial charge is 0.358 e. The molecule has 2 aromatic rings. The van der Waals surface area contributed by atoms with Crippen LogP contribution in [0.2, 0.25) is 10.0 Å². The number of benzene rings is 1. The van der Waals surface area contributed by atoms with Gasteiger partial charge in [-0.05, 0) is 18.2 Å². The van der Waals surface area contributed by atoms with E-state index in [2.05, 4.69) is 15.3 Å². The molecule has 5 nitrogen and oxygen atoms in total. The molecular formula is C15H12Cl2F3N5. The SMILES string of the molecule is CN(CCC#N)c1nc(Nc2ccc(Cl)c(Cl)c2)ncc1C(F)(F)F. The van der Waals surface area contributed by atoms with Crippen LogP contribution in [0.5, 0.6) is 0 Å². The summed E-state index contributed by atoms with van der Waals surface area (Å²) in [5, 5.41) is 12.0. The molecule has 1 heterocycles. The van der Waals surface area contributed by atoms with Crippen LogP contribution < -0.4 is 10.2 Å². The van der Waals surface area contributed by atoms with E-state index < -0.39 is 11.7 Å². The van der Waals surface area contributed by atoms with Gasteiger partial charge in [-0.1, -0.05) is 23.2 Å². The van der Waals surface area contributed by atoms with Crippen molar-refractivity contribution in [1.29, 1.82) is 5.26 Å². The van der Waals surface area contributed by atoms with Gasteiger partial charge in [0.15, 0.2) is 0 Å². The summed E-state index contributed by atoms with van der Waals surface area (Å²) >= 11 is 11.7. The van der Waals surface area contributed by atoms with Gasteiger partial charge in [0.1, 0.15) is 11.4 Å². The lowest BCUT2D eigenvalue weighted by atomic mass is 10.2. The number of halogens is 5. The predicted octanol–water partition coefficient (Wildman–Crippen LogP) is 4.90. The Kier molecular flexibility index (Phi) is 5.93. The van der Waals surface area contributed by atoms with Gasteiger partial charge in [0, 0.05) is 25.5 Å². The third-order valence-electron chi connectivity index (χ3n) is 3.17. The van der Waals surface area contributed by atoms with Gasteiger partial charge in [-0.25, -0.2) is 4.98 Å². The molecule has 0 unspecified atom stereocenters. The van der Waals surface area contributed by atoms with E-state index >= 15 is 0 Å². The summed E-state index contributed by atoms with van der Waals surface area (Å²) < 4.78 is 39.5. The molecule has 0 amide bonds. The number of anilines is 3. The lowest BCUT2D eigenvalue weighted by Gasteiger charge is -2.21. The second kappa shape index (κ2) is 7.76. The van der Waals surface area contributed by atoms with E-state index in [0.29, 0.717) is 16.9 Å². The fourth-order valence-corrected chi connectivity index (χ4v) is 2.25. The Morgan fingerprint density at radius 1 is 1.28 bits per heavy atom. The molecule has 1 aromatic heterocycles. The summed E-state index contributed by atoms with van der Waals surface area (Å²) in [5.74, 6) is -0.356. The number of nitriles is 1. The molecule has 1 aromatic carbocycles. The largest absolute Gasteiger partial charge is 0.421 e. The number of nitrogens with zero attached hydrogens (tertiary/aromatic N) is 4. The molecule has 0 atom stereocenters. The van der Waals surface area contributed by atoms with Crippen LogP contribution in [0.3, 0.4) is 0 Å². The van der Waals surface area contributed by atoms with E-state index in [1.165, 1.54) is 24.1 Å². The summed E-state index contributed by atoms with van der Waals surface area (Å²) in [6.45, 7) is 0.100. The zero-order valence-corrected chi connectivity index (χ0v) is 14.4. The summed E-state index contributed by atoms with van der Waals surface area (Å²) in [6.07, 6.45) is -3.85. The maximum absolute atomic E-state index is 13.2. The summed E-state index contributed by atoms with van der Waals surface area (Å²) in [5.41, 5.74) is -0.507. The topological polar surface area (TPSA) is 64.8 Å². The van der Waals surface area contributed by atoms with E-state index in [9.17, 15) is 13.2 Å². The normalized spacial score (nSPS) is 11.1. The van der Waals surface area contributed by atoms with Crippen LogP contribution in [-0.2, 0) is 6.18 Å². The fraction of sp³-hybridized carbons (Fsp3) is 0.267. The third kappa shape index (κ3) is 4.87. The lowest BCUT2D eigenvalue weighted by molar-refractivity contribution is -0.137. The fourth-order valence-electron chi connectivity index (χ4n) is 1.95. The van der Waals surface area contributed by atoms with Crippen LogP contribution in [0.15, 0.2) is 24.4 Å². The van der Waals surface area contributed by atoms with Crippen molar-refractivity contribution in [1.82, 2.24) is 9.97 Å². The maximum Gasteiger partial charge on any atom is 0.421 e. The zero-order chi connectivity index (χ0) is 18.6. The first kappa shape index (κ1) is 19.1. The minimum Gasteiger partial charge on any atom is -0.358 e. The van der Waals surface area contributed by atoms with Crippen LogP contribution in [-0.4, -0.2) is 23.6 Å². The van der Waals surface area contributed by atoms with Gasteiger partial charge < -0.3 is 10.2 Å². The number of rotatable bonds is 5. The number of nitrogens with one attached hydrogen (secondary N) is 1. The first-order valence-corrected chi connectivity index (χ1v) is 7.72. The first-order chi connectivity index (χ1) is 11.7. The molecule has 2 rings (SSSR count). The van der Waals surface area contributed by atoms with Crippen LogP contribution in [0.1, 0.15) is 12.0 Å². The highest BCUT2D eigenvalue weighted by molar-refractivity contribution is 6.42. The number of hydrogen-bond acceptors (Lipinski definition) is 5. The van der Waals surface area contributed by atoms with Gasteiger partial charge >= 0.3 is 6.18 Å². The van der Waals surface area contributed by atoms with Gasteiger partial charge in [0.25, 0.3) is 0 Å². The summed E-state index contributed by atoms with van der Waals surface area (Å²) in [4.78, 5) is 8.90. The molecule has 10 heteroatoms. The highest BCUT2D eigenvalue weighted by atomic mass is 35.5. The van der Waals surface area contributed by atoms with Crippen molar-refractivity contribution in [2.75, 3.05) is 23.8 Å². The van der Waals surface area contributed by atoms with Crippen LogP contribution in [0.25, 0.3) is 0 Å². The van der Waals surface area contributed by atoms with E-state index in [1.54, 1.807) is 6.07 Å². The molecule has 0 fully saturated rings. The Morgan fingerprint density at radius 2 is 2.00 bits per heavy atom. The Hall–Kier alpha value is -2.24. The van der Waals surface area contributed by atoms with E-state index in [-0.39, 0.29) is 29.8 Å². The van der Waals surface area contributed by atoms with Gasteiger partial charge in [-0.2, -0.15) is 23.4 Å². The number of hydrogen-bond donors (Lipinski definition) is 1. The highest BCUT2D eigenvalue weighted by Crippen LogP contribution is 2.35. The molecule has 0 aliphatic heterocycles. The highest BCUT2D eigenvalue weighted by Gasteiger charge is 2.36. The first-order valence-electron chi connectivity index (χ1n) is 6.96. The molecule has 1 N–H and O–H groups in total. The van der Waals surface area contributed by atoms with Crippen molar-refractivity contribution < 1.29 is 13.2 Å². The average molecular weight is 390 g/mol. The zero-order valence-electron chi connectivity index (χ0n) is 12.9. The van der Waals surface area contributed by atoms with Gasteiger partial charge in [0.2, 0.25) is 5.95 Å². The monoisotopic (exact) mass is 389 g/mol. The minimum atomic E-state index is -4.61. The second-order valence-corrected chi connectivity index (χ2v) is 5.83. The minimum absolute atomic E-state index is 0.0369. The average Bonchev–Trinajstić information content (AvgIpc) is 2.55. The summed E-state index contributed by atoms with van der Waals surface area (Å²) in [7, 11) is 1.43. The molecule has 0 radical (unpaired) electrons. The quantitative estimate of drug-likeness (QED) is 0.787. The molecule has 0 bridgehead atoms. The molecule has 0 aliphatic rings.